The van der Waals surface area contributed by atoms with Crippen LogP contribution in [-0.2, 0) is 28.0 Å². The number of benzene rings is 2. The molecule has 1 atom stereocenters. The number of nitrogens with one attached hydrogen (secondary N) is 1. The number of methoxy groups -OCH3 is 1. The van der Waals surface area contributed by atoms with Crippen LogP contribution in [0.4, 0.5) is 0 Å². The molecular weight excluding hydrogens is 400 g/mol. The van der Waals surface area contributed by atoms with E-state index in [1.165, 1.54) is 5.56 Å². The van der Waals surface area contributed by atoms with Crippen molar-refractivity contribution >= 4 is 11.8 Å². The predicted molar refractivity (Wildman–Crippen MR) is 130 cm³/mol. The van der Waals surface area contributed by atoms with Gasteiger partial charge in [0.05, 0.1) is 7.11 Å². The van der Waals surface area contributed by atoms with Crippen LogP contribution in [0.3, 0.4) is 0 Å². The summed E-state index contributed by atoms with van der Waals surface area (Å²) in [5, 5.41) is 2.88. The Kier molecular flexibility index (Phi) is 9.30. The Hall–Kier alpha value is -2.82. The first-order chi connectivity index (χ1) is 15.2. The number of ether oxygens (including phenoxy) is 1. The van der Waals surface area contributed by atoms with Crippen molar-refractivity contribution in [1.82, 2.24) is 10.2 Å². The fraction of sp³-hybridized carbons (Fsp3) is 0.481. The normalized spacial score (nSPS) is 12.2. The molecular formula is C27H38N2O3. The Bertz CT molecular complexity index is 867. The highest BCUT2D eigenvalue weighted by Gasteiger charge is 2.28. The van der Waals surface area contributed by atoms with Gasteiger partial charge in [0, 0.05) is 19.5 Å². The highest BCUT2D eigenvalue weighted by atomic mass is 16.5. The standard InChI is InChI=1S/C27H38N2O3/c1-7-24(26(31)28-8-2)29(19-21-11-16-23(32-6)17-12-21)25(30)18-13-20-9-14-22(15-10-20)27(3,4)5/h9-12,14-17,24H,7-8,13,18-19H2,1-6H3,(H,28,31)/t24-/m1/s1. The average molecular weight is 439 g/mol. The van der Waals surface area contributed by atoms with E-state index in [9.17, 15) is 9.59 Å². The van der Waals surface area contributed by atoms with E-state index in [-0.39, 0.29) is 17.2 Å². The van der Waals surface area contributed by atoms with Gasteiger partial charge in [0.1, 0.15) is 11.8 Å². The minimum atomic E-state index is -0.493. The third-order valence-electron chi connectivity index (χ3n) is 5.70. The van der Waals surface area contributed by atoms with Gasteiger partial charge in [0.15, 0.2) is 0 Å². The number of amides is 2. The number of likely N-dealkylation sites (N-methyl/N-ethyl adjacent to an activating group) is 1. The first-order valence-electron chi connectivity index (χ1n) is 11.5. The van der Waals surface area contributed by atoms with Gasteiger partial charge in [-0.25, -0.2) is 0 Å². The van der Waals surface area contributed by atoms with Crippen molar-refractivity contribution in [2.75, 3.05) is 13.7 Å². The van der Waals surface area contributed by atoms with E-state index in [0.717, 1.165) is 16.9 Å². The molecule has 1 N–H and O–H groups in total. The Morgan fingerprint density at radius 1 is 0.969 bits per heavy atom. The van der Waals surface area contributed by atoms with E-state index >= 15 is 0 Å². The van der Waals surface area contributed by atoms with Gasteiger partial charge in [0.25, 0.3) is 0 Å². The molecule has 2 amide bonds. The number of carbonyl (C=O) groups excluding carboxylic acids is 2. The van der Waals surface area contributed by atoms with Gasteiger partial charge in [-0.1, -0.05) is 64.1 Å². The van der Waals surface area contributed by atoms with Gasteiger partial charge in [-0.05, 0) is 54.0 Å². The molecule has 5 nitrogen and oxygen atoms in total. The lowest BCUT2D eigenvalue weighted by Crippen LogP contribution is -2.49. The lowest BCUT2D eigenvalue weighted by Gasteiger charge is -2.30. The molecule has 0 saturated carbocycles. The summed E-state index contributed by atoms with van der Waals surface area (Å²) in [6, 6.07) is 15.6. The summed E-state index contributed by atoms with van der Waals surface area (Å²) in [4.78, 5) is 27.7. The van der Waals surface area contributed by atoms with Crippen molar-refractivity contribution in [2.24, 2.45) is 0 Å². The van der Waals surface area contributed by atoms with E-state index < -0.39 is 6.04 Å². The second kappa shape index (κ2) is 11.7. The molecule has 32 heavy (non-hydrogen) atoms. The predicted octanol–water partition coefficient (Wildman–Crippen LogP) is 4.87. The Morgan fingerprint density at radius 2 is 1.56 bits per heavy atom. The third-order valence-corrected chi connectivity index (χ3v) is 5.70. The number of nitrogens with zero attached hydrogens (tertiary/aromatic N) is 1. The largest absolute Gasteiger partial charge is 0.497 e. The molecule has 2 aromatic carbocycles. The zero-order chi connectivity index (χ0) is 23.7. The van der Waals surface area contributed by atoms with Crippen molar-refractivity contribution in [3.8, 4) is 5.75 Å². The van der Waals surface area contributed by atoms with Crippen molar-refractivity contribution < 1.29 is 14.3 Å². The summed E-state index contributed by atoms with van der Waals surface area (Å²) in [7, 11) is 1.63. The monoisotopic (exact) mass is 438 g/mol. The van der Waals surface area contributed by atoms with E-state index in [4.69, 9.17) is 4.74 Å². The summed E-state index contributed by atoms with van der Waals surface area (Å²) in [6.07, 6.45) is 1.57. The summed E-state index contributed by atoms with van der Waals surface area (Å²) in [5.74, 6) is 0.645. The topological polar surface area (TPSA) is 58.6 Å². The van der Waals surface area contributed by atoms with E-state index in [1.54, 1.807) is 12.0 Å². The van der Waals surface area contributed by atoms with Gasteiger partial charge in [-0.2, -0.15) is 0 Å². The number of hydrogen-bond donors (Lipinski definition) is 1. The first-order valence-corrected chi connectivity index (χ1v) is 11.5. The zero-order valence-corrected chi connectivity index (χ0v) is 20.4. The molecule has 5 heteroatoms. The van der Waals surface area contributed by atoms with Gasteiger partial charge in [0.2, 0.25) is 11.8 Å². The molecule has 0 radical (unpaired) electrons. The summed E-state index contributed by atoms with van der Waals surface area (Å²) in [6.45, 7) is 11.3. The van der Waals surface area contributed by atoms with Gasteiger partial charge >= 0.3 is 0 Å². The molecule has 0 aromatic heterocycles. The van der Waals surface area contributed by atoms with Crippen LogP contribution in [0.2, 0.25) is 0 Å². The van der Waals surface area contributed by atoms with Crippen LogP contribution in [0.15, 0.2) is 48.5 Å². The van der Waals surface area contributed by atoms with Crippen LogP contribution < -0.4 is 10.1 Å². The fourth-order valence-corrected chi connectivity index (χ4v) is 3.71. The number of rotatable bonds is 10. The molecule has 0 heterocycles. The van der Waals surface area contributed by atoms with Crippen LogP contribution in [0.25, 0.3) is 0 Å². The van der Waals surface area contributed by atoms with Crippen LogP contribution in [-0.4, -0.2) is 36.4 Å². The van der Waals surface area contributed by atoms with E-state index in [1.807, 2.05) is 38.1 Å². The molecule has 174 valence electrons. The second-order valence-electron chi connectivity index (χ2n) is 9.14. The van der Waals surface area contributed by atoms with Crippen molar-refractivity contribution in [1.29, 1.82) is 0 Å². The highest BCUT2D eigenvalue weighted by molar-refractivity contribution is 5.87. The third kappa shape index (κ3) is 7.11. The smallest absolute Gasteiger partial charge is 0.242 e. The average Bonchev–Trinajstić information content (AvgIpc) is 2.77. The van der Waals surface area contributed by atoms with Crippen LogP contribution in [0, 0.1) is 0 Å². The van der Waals surface area contributed by atoms with E-state index in [2.05, 4.69) is 50.4 Å². The zero-order valence-electron chi connectivity index (χ0n) is 20.4. The SMILES string of the molecule is CCNC(=O)[C@@H](CC)N(Cc1ccc(OC)cc1)C(=O)CCc1ccc(C(C)(C)C)cc1. The van der Waals surface area contributed by atoms with Crippen molar-refractivity contribution in [3.63, 3.8) is 0 Å². The number of aryl methyl sites for hydroxylation is 1. The maximum atomic E-state index is 13.3. The molecule has 2 rings (SSSR count). The minimum Gasteiger partial charge on any atom is -0.497 e. The highest BCUT2D eigenvalue weighted by Crippen LogP contribution is 2.23. The molecule has 0 saturated heterocycles. The molecule has 0 unspecified atom stereocenters. The molecule has 2 aromatic rings. The Balaban J connectivity index is 2.17. The lowest BCUT2D eigenvalue weighted by atomic mass is 9.86. The number of carbonyl (C=O) groups is 2. The Morgan fingerprint density at radius 3 is 2.06 bits per heavy atom. The van der Waals surface area contributed by atoms with Crippen LogP contribution >= 0.6 is 0 Å². The summed E-state index contributed by atoms with van der Waals surface area (Å²) < 4.78 is 5.23. The minimum absolute atomic E-state index is 0.0150. The molecule has 0 fully saturated rings. The maximum Gasteiger partial charge on any atom is 0.242 e. The summed E-state index contributed by atoms with van der Waals surface area (Å²) >= 11 is 0. The molecule has 0 aliphatic carbocycles. The summed E-state index contributed by atoms with van der Waals surface area (Å²) in [5.41, 5.74) is 3.47. The molecule has 0 aliphatic rings. The van der Waals surface area contributed by atoms with Gasteiger partial charge in [-0.15, -0.1) is 0 Å². The van der Waals surface area contributed by atoms with Crippen molar-refractivity contribution in [2.45, 2.75) is 71.9 Å². The van der Waals surface area contributed by atoms with Crippen molar-refractivity contribution in [3.05, 3.63) is 65.2 Å². The molecule has 0 spiro atoms. The van der Waals surface area contributed by atoms with Gasteiger partial charge in [-0.3, -0.25) is 9.59 Å². The van der Waals surface area contributed by atoms with E-state index in [0.29, 0.717) is 32.4 Å². The Labute approximate surface area is 193 Å². The van der Waals surface area contributed by atoms with Gasteiger partial charge < -0.3 is 15.0 Å². The van der Waals surface area contributed by atoms with Crippen LogP contribution in [0.5, 0.6) is 5.75 Å². The lowest BCUT2D eigenvalue weighted by molar-refractivity contribution is -0.141. The second-order valence-corrected chi connectivity index (χ2v) is 9.14. The van der Waals surface area contributed by atoms with Crippen LogP contribution in [0.1, 0.15) is 64.2 Å². The number of hydrogen-bond acceptors (Lipinski definition) is 3. The fourth-order valence-electron chi connectivity index (χ4n) is 3.71. The molecule has 0 aliphatic heterocycles. The quantitative estimate of drug-likeness (QED) is 0.576. The molecule has 0 bridgehead atoms. The maximum absolute atomic E-state index is 13.3. The first kappa shape index (κ1) is 25.4.